The van der Waals surface area contributed by atoms with Gasteiger partial charge >= 0.3 is 0 Å². The number of hydrogen-bond acceptors (Lipinski definition) is 3. The van der Waals surface area contributed by atoms with E-state index in [1.807, 2.05) is 107 Å². The van der Waals surface area contributed by atoms with Crippen LogP contribution in [0.2, 0.25) is 0 Å². The van der Waals surface area contributed by atoms with E-state index in [-0.39, 0.29) is 26.8 Å². The fourth-order valence-corrected chi connectivity index (χ4v) is 7.91. The average Bonchev–Trinajstić information content (AvgIpc) is 3.67. The van der Waals surface area contributed by atoms with Gasteiger partial charge in [0.15, 0.2) is 0 Å². The molecular weight excluding hydrogens is 902 g/mol. The Morgan fingerprint density at radius 1 is 0.627 bits per heavy atom. The van der Waals surface area contributed by atoms with Gasteiger partial charge in [0, 0.05) is 44.1 Å². The number of rotatable bonds is 8. The molecule has 4 nitrogen and oxygen atoms in total. The molecular formula is C54H44N3OPt-. The molecule has 7 aromatic carbocycles. The zero-order valence-corrected chi connectivity index (χ0v) is 35.5. The van der Waals surface area contributed by atoms with E-state index >= 15 is 0 Å². The minimum Gasteiger partial charge on any atom is -0.507 e. The fraction of sp³-hybridized carbons (Fsp3) is 0.111. The van der Waals surface area contributed by atoms with Crippen LogP contribution in [0.4, 0.5) is 0 Å². The molecule has 9 aromatic rings. The molecule has 1 N–H and O–H groups in total. The van der Waals surface area contributed by atoms with Crippen LogP contribution in [0.1, 0.15) is 47.5 Å². The van der Waals surface area contributed by atoms with Crippen LogP contribution in [0, 0.1) is 26.8 Å². The van der Waals surface area contributed by atoms with Gasteiger partial charge in [0.25, 0.3) is 0 Å². The summed E-state index contributed by atoms with van der Waals surface area (Å²) in [6.07, 6.45) is 1.77. The molecule has 0 saturated carbocycles. The number of aryl methyl sites for hydroxylation is 3. The molecule has 0 aliphatic carbocycles. The zero-order chi connectivity index (χ0) is 43.3. The summed E-state index contributed by atoms with van der Waals surface area (Å²) in [5.74, 6) is -0.188. The van der Waals surface area contributed by atoms with Gasteiger partial charge in [-0.05, 0) is 101 Å². The van der Waals surface area contributed by atoms with Crippen molar-refractivity contribution in [3.8, 4) is 78.6 Å². The summed E-state index contributed by atoms with van der Waals surface area (Å²) in [5.41, 5.74) is 14.9. The normalized spacial score (nSPS) is 12.6. The number of pyridine rings is 1. The van der Waals surface area contributed by atoms with Gasteiger partial charge in [0.1, 0.15) is 11.6 Å². The number of phenols is 1. The summed E-state index contributed by atoms with van der Waals surface area (Å²) < 4.78 is 34.8. The molecule has 0 amide bonds. The minimum atomic E-state index is -2.18. The SMILES string of the molecule is [2H]C([2H])([2H])c1ccc(-c2ccnc(-c3[c-]c(-c4cccc5c4nc(-c4cc(C)cc(C)c4O)n5-c4ccc(-c5ccccc5)c(C([2H])(C)C)c4)cc(-c4ccccc4)c3)c2)cc1.[Pt]. The number of fused-ring (bicyclic) bond motifs is 1. The maximum Gasteiger partial charge on any atom is 0.148 e. The molecule has 2 aromatic heterocycles. The van der Waals surface area contributed by atoms with Crippen molar-refractivity contribution >= 4 is 11.0 Å². The van der Waals surface area contributed by atoms with Gasteiger partial charge in [-0.1, -0.05) is 151 Å². The Morgan fingerprint density at radius 2 is 1.34 bits per heavy atom. The number of hydrogen-bond donors (Lipinski definition) is 1. The van der Waals surface area contributed by atoms with Gasteiger partial charge in [-0.2, -0.15) is 0 Å². The van der Waals surface area contributed by atoms with E-state index < -0.39 is 12.7 Å². The van der Waals surface area contributed by atoms with Gasteiger partial charge in [-0.3, -0.25) is 9.55 Å². The largest absolute Gasteiger partial charge is 0.507 e. The summed E-state index contributed by atoms with van der Waals surface area (Å²) in [5, 5.41) is 11.7. The van der Waals surface area contributed by atoms with Crippen LogP contribution in [0.15, 0.2) is 164 Å². The number of imidazole rings is 1. The van der Waals surface area contributed by atoms with Crippen molar-refractivity contribution < 1.29 is 31.7 Å². The molecule has 0 saturated heterocycles. The third-order valence-electron chi connectivity index (χ3n) is 10.8. The van der Waals surface area contributed by atoms with Gasteiger partial charge in [-0.15, -0.1) is 23.8 Å². The first-order valence-electron chi connectivity index (χ1n) is 21.5. The Labute approximate surface area is 366 Å². The monoisotopic (exact) mass is 949 g/mol. The van der Waals surface area contributed by atoms with Crippen molar-refractivity contribution in [1.29, 1.82) is 0 Å². The van der Waals surface area contributed by atoms with Crippen molar-refractivity contribution in [2.24, 2.45) is 0 Å². The Bertz CT molecular complexity index is 3120. The maximum absolute atomic E-state index is 11.7. The van der Waals surface area contributed by atoms with E-state index in [1.165, 1.54) is 0 Å². The van der Waals surface area contributed by atoms with E-state index in [1.54, 1.807) is 18.3 Å². The molecule has 59 heavy (non-hydrogen) atoms. The third-order valence-corrected chi connectivity index (χ3v) is 10.8. The van der Waals surface area contributed by atoms with Crippen molar-refractivity contribution in [2.45, 2.75) is 40.4 Å². The molecule has 0 aliphatic rings. The third kappa shape index (κ3) is 7.69. The van der Waals surface area contributed by atoms with Gasteiger partial charge < -0.3 is 5.11 Å². The molecule has 0 atom stereocenters. The zero-order valence-electron chi connectivity index (χ0n) is 37.2. The second-order valence-electron chi connectivity index (χ2n) is 15.1. The van der Waals surface area contributed by atoms with E-state index in [9.17, 15) is 6.48 Å². The van der Waals surface area contributed by atoms with E-state index in [2.05, 4.69) is 77.4 Å². The fourth-order valence-electron chi connectivity index (χ4n) is 7.91. The Morgan fingerprint density at radius 3 is 2.07 bits per heavy atom. The van der Waals surface area contributed by atoms with Gasteiger partial charge in [0.05, 0.1) is 16.6 Å². The molecule has 0 radical (unpaired) electrons. The number of aromatic nitrogens is 3. The van der Waals surface area contributed by atoms with Crippen molar-refractivity contribution in [3.05, 3.63) is 192 Å². The number of phenolic OH excluding ortho intramolecular Hbond substituents is 1. The predicted octanol–water partition coefficient (Wildman–Crippen LogP) is 14.0. The van der Waals surface area contributed by atoms with Crippen LogP contribution in [-0.2, 0) is 21.1 Å². The second-order valence-corrected chi connectivity index (χ2v) is 15.1. The number of para-hydroxylation sites is 1. The predicted molar refractivity (Wildman–Crippen MR) is 240 cm³/mol. The molecule has 2 heterocycles. The smallest absolute Gasteiger partial charge is 0.148 e. The Kier molecular flexibility index (Phi) is 9.69. The van der Waals surface area contributed by atoms with Crippen LogP contribution in [-0.4, -0.2) is 19.6 Å². The van der Waals surface area contributed by atoms with E-state index in [4.69, 9.17) is 14.1 Å². The minimum absolute atomic E-state index is 0. The van der Waals surface area contributed by atoms with Crippen molar-refractivity contribution in [3.63, 3.8) is 0 Å². The first kappa shape index (κ1) is 34.7. The summed E-state index contributed by atoms with van der Waals surface area (Å²) in [4.78, 5) is 10.2. The van der Waals surface area contributed by atoms with Crippen LogP contribution in [0.5, 0.6) is 5.75 Å². The second kappa shape index (κ2) is 16.5. The molecule has 0 fully saturated rings. The van der Waals surface area contributed by atoms with Crippen LogP contribution in [0.3, 0.4) is 0 Å². The van der Waals surface area contributed by atoms with Gasteiger partial charge in [0.2, 0.25) is 0 Å². The van der Waals surface area contributed by atoms with Gasteiger partial charge in [-0.25, -0.2) is 4.98 Å². The molecule has 292 valence electrons. The van der Waals surface area contributed by atoms with Crippen LogP contribution >= 0.6 is 0 Å². The van der Waals surface area contributed by atoms with Crippen molar-refractivity contribution in [1.82, 2.24) is 14.5 Å². The maximum atomic E-state index is 11.7. The van der Waals surface area contributed by atoms with Crippen LogP contribution in [0.25, 0.3) is 83.9 Å². The van der Waals surface area contributed by atoms with Crippen LogP contribution < -0.4 is 0 Å². The Balaban J connectivity index is 0.00000544. The first-order chi connectivity index (χ1) is 29.7. The molecule has 9 rings (SSSR count). The summed E-state index contributed by atoms with van der Waals surface area (Å²) >= 11 is 0. The number of nitrogens with zero attached hydrogens (tertiary/aromatic N) is 3. The number of benzene rings is 7. The summed E-state index contributed by atoms with van der Waals surface area (Å²) in [7, 11) is 0. The Hall–Kier alpha value is -6.35. The quantitative estimate of drug-likeness (QED) is 0.154. The number of aromatic hydroxyl groups is 1. The molecule has 0 unspecified atom stereocenters. The summed E-state index contributed by atoms with van der Waals surface area (Å²) in [6, 6.07) is 55.6. The topological polar surface area (TPSA) is 50.9 Å². The van der Waals surface area contributed by atoms with E-state index in [0.717, 1.165) is 83.5 Å². The average molecular weight is 950 g/mol. The first-order valence-corrected chi connectivity index (χ1v) is 19.5. The molecule has 5 heteroatoms. The molecule has 0 spiro atoms. The standard InChI is InChI=1S/C54H44N3O.Pt/c1-34(2)48-33-45(23-24-46(48)40-15-10-7-11-16-40)57-51-18-12-17-47(52(51)56-54(57)49-28-36(4)27-37(5)53(49)58)43-29-42(38-13-8-6-9-14-38)30-44(31-43)50-32-41(25-26-55-50)39-21-19-35(3)20-22-39;/h6-30,32-34,58H,1-5H3;/q-1;/i3D3,34D;. The molecule has 0 bridgehead atoms. The van der Waals surface area contributed by atoms with Crippen molar-refractivity contribution in [2.75, 3.05) is 0 Å². The summed E-state index contributed by atoms with van der Waals surface area (Å²) in [6.45, 7) is 5.56. The van der Waals surface area contributed by atoms with E-state index in [0.29, 0.717) is 22.6 Å². The molecule has 0 aliphatic heterocycles.